The van der Waals surface area contributed by atoms with Crippen LogP contribution in [0.2, 0.25) is 0 Å². The molecule has 0 bridgehead atoms. The molecule has 5 nitrogen and oxygen atoms in total. The molecule has 1 aromatic carbocycles. The summed E-state index contributed by atoms with van der Waals surface area (Å²) in [4.78, 5) is 14.5. The van der Waals surface area contributed by atoms with Crippen molar-refractivity contribution in [2.75, 3.05) is 19.8 Å². The van der Waals surface area contributed by atoms with E-state index in [9.17, 15) is 9.90 Å². The number of hydrogen-bond acceptors (Lipinski definition) is 3. The fourth-order valence-electron chi connectivity index (χ4n) is 2.72. The zero-order chi connectivity index (χ0) is 14.8. The minimum absolute atomic E-state index is 0.0135. The minimum Gasteiger partial charge on any atom is -0.507 e. The van der Waals surface area contributed by atoms with Crippen LogP contribution >= 0.6 is 0 Å². The van der Waals surface area contributed by atoms with Crippen LogP contribution in [0.3, 0.4) is 0 Å². The predicted octanol–water partition coefficient (Wildman–Crippen LogP) is 1.94. The average Bonchev–Trinajstić information content (AvgIpc) is 2.93. The van der Waals surface area contributed by atoms with Gasteiger partial charge in [-0.2, -0.15) is 0 Å². The monoisotopic (exact) mass is 286 g/mol. The van der Waals surface area contributed by atoms with E-state index >= 15 is 0 Å². The highest BCUT2D eigenvalue weighted by atomic mass is 16.5. The van der Waals surface area contributed by atoms with E-state index in [1.807, 2.05) is 29.9 Å². The third kappa shape index (κ3) is 2.52. The van der Waals surface area contributed by atoms with Gasteiger partial charge in [0, 0.05) is 25.5 Å². The zero-order valence-corrected chi connectivity index (χ0v) is 11.9. The van der Waals surface area contributed by atoms with E-state index < -0.39 is 0 Å². The SMILES string of the molecule is Cn1cccc1[C@H]1COCCN1C(=O)c1ccccc1O. The minimum atomic E-state index is -0.164. The van der Waals surface area contributed by atoms with Crippen molar-refractivity contribution in [3.05, 3.63) is 53.9 Å². The van der Waals surface area contributed by atoms with E-state index in [1.54, 1.807) is 23.1 Å². The number of rotatable bonds is 2. The van der Waals surface area contributed by atoms with Crippen molar-refractivity contribution >= 4 is 5.91 Å². The van der Waals surface area contributed by atoms with Crippen LogP contribution in [0.1, 0.15) is 22.1 Å². The number of ether oxygens (including phenoxy) is 1. The number of para-hydroxylation sites is 1. The van der Waals surface area contributed by atoms with E-state index in [4.69, 9.17) is 4.74 Å². The predicted molar refractivity (Wildman–Crippen MR) is 78.1 cm³/mol. The zero-order valence-electron chi connectivity index (χ0n) is 11.9. The summed E-state index contributed by atoms with van der Waals surface area (Å²) >= 11 is 0. The Labute approximate surface area is 123 Å². The van der Waals surface area contributed by atoms with E-state index in [1.165, 1.54) is 6.07 Å². The van der Waals surface area contributed by atoms with Gasteiger partial charge in [-0.1, -0.05) is 12.1 Å². The molecule has 0 saturated carbocycles. The third-order valence-corrected chi connectivity index (χ3v) is 3.85. The van der Waals surface area contributed by atoms with Crippen LogP contribution in [0, 0.1) is 0 Å². The lowest BCUT2D eigenvalue weighted by atomic mass is 10.1. The molecule has 110 valence electrons. The van der Waals surface area contributed by atoms with Crippen LogP contribution in [-0.4, -0.2) is 40.2 Å². The summed E-state index contributed by atoms with van der Waals surface area (Å²) in [6.45, 7) is 1.50. The van der Waals surface area contributed by atoms with Crippen molar-refractivity contribution in [2.24, 2.45) is 7.05 Å². The van der Waals surface area contributed by atoms with Gasteiger partial charge in [-0.05, 0) is 24.3 Å². The molecule has 3 rings (SSSR count). The molecule has 1 fully saturated rings. The molecule has 0 unspecified atom stereocenters. The first kappa shape index (κ1) is 13.7. The summed E-state index contributed by atoms with van der Waals surface area (Å²) in [5.41, 5.74) is 1.36. The second-order valence-corrected chi connectivity index (χ2v) is 5.15. The highest BCUT2D eigenvalue weighted by molar-refractivity contribution is 5.97. The topological polar surface area (TPSA) is 54.7 Å². The quantitative estimate of drug-likeness (QED) is 0.918. The highest BCUT2D eigenvalue weighted by Crippen LogP contribution is 2.28. The van der Waals surface area contributed by atoms with Crippen molar-refractivity contribution < 1.29 is 14.6 Å². The molecule has 5 heteroatoms. The Bertz CT molecular complexity index is 650. The molecule has 1 N–H and O–H groups in total. The standard InChI is InChI=1S/C16H18N2O3/c1-17-8-4-6-13(17)14-11-21-10-9-18(14)16(20)12-5-2-3-7-15(12)19/h2-8,14,19H,9-11H2,1H3/t14-/m1/s1. The second-order valence-electron chi connectivity index (χ2n) is 5.15. The molecule has 1 atom stereocenters. The second kappa shape index (κ2) is 5.61. The normalized spacial score (nSPS) is 18.7. The third-order valence-electron chi connectivity index (χ3n) is 3.85. The van der Waals surface area contributed by atoms with Crippen LogP contribution in [0.15, 0.2) is 42.6 Å². The smallest absolute Gasteiger partial charge is 0.258 e. The Hall–Kier alpha value is -2.27. The van der Waals surface area contributed by atoms with Gasteiger partial charge < -0.3 is 19.3 Å². The Morgan fingerprint density at radius 2 is 2.10 bits per heavy atom. The van der Waals surface area contributed by atoms with Crippen LogP contribution in [0.25, 0.3) is 0 Å². The lowest BCUT2D eigenvalue weighted by Gasteiger charge is -2.36. The number of aryl methyl sites for hydroxylation is 1. The fraction of sp³-hybridized carbons (Fsp3) is 0.312. The van der Waals surface area contributed by atoms with Gasteiger partial charge in [0.15, 0.2) is 0 Å². The highest BCUT2D eigenvalue weighted by Gasteiger charge is 2.31. The van der Waals surface area contributed by atoms with E-state index in [-0.39, 0.29) is 17.7 Å². The first-order valence-electron chi connectivity index (χ1n) is 6.96. The van der Waals surface area contributed by atoms with Gasteiger partial charge in [0.05, 0.1) is 24.8 Å². The molecule has 0 radical (unpaired) electrons. The van der Waals surface area contributed by atoms with Crippen molar-refractivity contribution in [1.29, 1.82) is 0 Å². The summed E-state index contributed by atoms with van der Waals surface area (Å²) < 4.78 is 7.53. The van der Waals surface area contributed by atoms with Crippen LogP contribution in [0.5, 0.6) is 5.75 Å². The average molecular weight is 286 g/mol. The number of benzene rings is 1. The first-order chi connectivity index (χ1) is 10.2. The van der Waals surface area contributed by atoms with Crippen molar-refractivity contribution in [2.45, 2.75) is 6.04 Å². The Balaban J connectivity index is 1.93. The number of phenolic OH excluding ortho intramolecular Hbond substituents is 1. The van der Waals surface area contributed by atoms with E-state index in [2.05, 4.69) is 0 Å². The summed E-state index contributed by atoms with van der Waals surface area (Å²) in [5.74, 6) is -0.151. The van der Waals surface area contributed by atoms with Gasteiger partial charge in [-0.25, -0.2) is 0 Å². The van der Waals surface area contributed by atoms with E-state index in [0.717, 1.165) is 5.69 Å². The molecular formula is C16H18N2O3. The number of aromatic nitrogens is 1. The number of aromatic hydroxyl groups is 1. The number of phenols is 1. The number of hydrogen-bond donors (Lipinski definition) is 1. The molecule has 1 aliphatic rings. The number of nitrogens with zero attached hydrogens (tertiary/aromatic N) is 2. The molecule has 1 aromatic heterocycles. The maximum Gasteiger partial charge on any atom is 0.258 e. The van der Waals surface area contributed by atoms with E-state index in [0.29, 0.717) is 25.3 Å². The van der Waals surface area contributed by atoms with Gasteiger partial charge in [0.25, 0.3) is 5.91 Å². The summed E-state index contributed by atoms with van der Waals surface area (Å²) in [5, 5.41) is 9.90. The Morgan fingerprint density at radius 1 is 1.29 bits per heavy atom. The summed E-state index contributed by atoms with van der Waals surface area (Å²) in [7, 11) is 1.95. The first-order valence-corrected chi connectivity index (χ1v) is 6.96. The molecular weight excluding hydrogens is 268 g/mol. The van der Waals surface area contributed by atoms with Crippen LogP contribution in [0.4, 0.5) is 0 Å². The summed E-state index contributed by atoms with van der Waals surface area (Å²) in [6, 6.07) is 10.5. The molecule has 2 heterocycles. The van der Waals surface area contributed by atoms with Gasteiger partial charge >= 0.3 is 0 Å². The number of carbonyl (C=O) groups is 1. The van der Waals surface area contributed by atoms with Gasteiger partial charge in [-0.3, -0.25) is 4.79 Å². The molecule has 0 spiro atoms. The lowest BCUT2D eigenvalue weighted by molar-refractivity contribution is -0.00477. The molecule has 21 heavy (non-hydrogen) atoms. The van der Waals surface area contributed by atoms with Crippen molar-refractivity contribution in [1.82, 2.24) is 9.47 Å². The van der Waals surface area contributed by atoms with Crippen molar-refractivity contribution in [3.63, 3.8) is 0 Å². The maximum absolute atomic E-state index is 12.7. The molecule has 0 aliphatic carbocycles. The summed E-state index contributed by atoms with van der Waals surface area (Å²) in [6.07, 6.45) is 1.95. The number of morpholine rings is 1. The van der Waals surface area contributed by atoms with Crippen LogP contribution in [-0.2, 0) is 11.8 Å². The molecule has 1 aliphatic heterocycles. The maximum atomic E-state index is 12.7. The lowest BCUT2D eigenvalue weighted by Crippen LogP contribution is -2.44. The van der Waals surface area contributed by atoms with Crippen LogP contribution < -0.4 is 0 Å². The van der Waals surface area contributed by atoms with Gasteiger partial charge in [0.1, 0.15) is 5.75 Å². The molecule has 2 aromatic rings. The Morgan fingerprint density at radius 3 is 2.81 bits per heavy atom. The number of carbonyl (C=O) groups excluding carboxylic acids is 1. The van der Waals surface area contributed by atoms with Crippen molar-refractivity contribution in [3.8, 4) is 5.75 Å². The molecule has 1 saturated heterocycles. The molecule has 1 amide bonds. The Kier molecular flexibility index (Phi) is 3.66. The van der Waals surface area contributed by atoms with Gasteiger partial charge in [-0.15, -0.1) is 0 Å². The number of amides is 1. The fourth-order valence-corrected chi connectivity index (χ4v) is 2.72. The largest absolute Gasteiger partial charge is 0.507 e. The van der Waals surface area contributed by atoms with Gasteiger partial charge in [0.2, 0.25) is 0 Å².